The molecule has 0 saturated carbocycles. The van der Waals surface area contributed by atoms with Crippen LogP contribution in [0.25, 0.3) is 6.08 Å². The molecule has 0 aromatic heterocycles. The van der Waals surface area contributed by atoms with E-state index in [9.17, 15) is 14.4 Å². The molecule has 3 aromatic rings. The van der Waals surface area contributed by atoms with Gasteiger partial charge >= 0.3 is 6.03 Å². The third-order valence-electron chi connectivity index (χ3n) is 5.19. The van der Waals surface area contributed by atoms with Crippen LogP contribution in [0.1, 0.15) is 16.7 Å². The van der Waals surface area contributed by atoms with E-state index in [1.165, 1.54) is 6.08 Å². The maximum atomic E-state index is 13.0. The molecule has 35 heavy (non-hydrogen) atoms. The smallest absolute Gasteiger partial charge is 0.335 e. The van der Waals surface area contributed by atoms with Crippen LogP contribution >= 0.6 is 15.9 Å². The number of anilines is 1. The molecule has 0 spiro atoms. The van der Waals surface area contributed by atoms with E-state index in [1.807, 2.05) is 26.0 Å². The summed E-state index contributed by atoms with van der Waals surface area (Å²) < 4.78 is 12.3. The van der Waals surface area contributed by atoms with Crippen molar-refractivity contribution in [3.8, 4) is 11.5 Å². The molecule has 0 unspecified atom stereocenters. The van der Waals surface area contributed by atoms with Gasteiger partial charge in [0.25, 0.3) is 11.8 Å². The molecule has 7 nitrogen and oxygen atoms in total. The number of urea groups is 1. The molecule has 1 N–H and O–H groups in total. The largest absolute Gasteiger partial charge is 0.490 e. The van der Waals surface area contributed by atoms with Crippen LogP contribution in [0.15, 0.2) is 76.8 Å². The fraction of sp³-hybridized carbons (Fsp3) is 0.148. The molecule has 1 aliphatic rings. The van der Waals surface area contributed by atoms with Gasteiger partial charge in [-0.15, -0.1) is 0 Å². The predicted molar refractivity (Wildman–Crippen MR) is 136 cm³/mol. The minimum absolute atomic E-state index is 0.136. The molecular weight excluding hydrogens is 512 g/mol. The Morgan fingerprint density at radius 1 is 0.829 bits per heavy atom. The van der Waals surface area contributed by atoms with E-state index >= 15 is 0 Å². The fourth-order valence-corrected chi connectivity index (χ4v) is 3.91. The topological polar surface area (TPSA) is 84.9 Å². The zero-order valence-electron chi connectivity index (χ0n) is 19.2. The summed E-state index contributed by atoms with van der Waals surface area (Å²) in [5, 5.41) is 2.22. The Hall–Kier alpha value is -3.91. The van der Waals surface area contributed by atoms with Crippen molar-refractivity contribution in [2.45, 2.75) is 13.8 Å². The minimum Gasteiger partial charge on any atom is -0.490 e. The molecule has 8 heteroatoms. The first kappa shape index (κ1) is 24.2. The lowest BCUT2D eigenvalue weighted by Gasteiger charge is -2.26. The van der Waals surface area contributed by atoms with Crippen molar-refractivity contribution in [2.24, 2.45) is 0 Å². The van der Waals surface area contributed by atoms with Crippen LogP contribution < -0.4 is 19.7 Å². The summed E-state index contributed by atoms with van der Waals surface area (Å²) in [4.78, 5) is 38.6. The lowest BCUT2D eigenvalue weighted by molar-refractivity contribution is -0.122. The van der Waals surface area contributed by atoms with E-state index in [1.54, 1.807) is 48.5 Å². The van der Waals surface area contributed by atoms with Gasteiger partial charge in [-0.25, -0.2) is 9.69 Å². The fourth-order valence-electron chi connectivity index (χ4n) is 3.64. The Kier molecular flexibility index (Phi) is 7.31. The number of hydrogen-bond acceptors (Lipinski definition) is 5. The molecule has 4 amide bonds. The molecule has 178 valence electrons. The molecular formula is C27H23BrN2O5. The van der Waals surface area contributed by atoms with Gasteiger partial charge in [0.15, 0.2) is 0 Å². The number of barbiturate groups is 1. The third-order valence-corrected chi connectivity index (χ3v) is 5.72. The van der Waals surface area contributed by atoms with Crippen molar-refractivity contribution in [3.63, 3.8) is 0 Å². The number of nitrogens with one attached hydrogen (secondary N) is 1. The van der Waals surface area contributed by atoms with Crippen molar-refractivity contribution >= 4 is 45.5 Å². The number of halogens is 1. The first-order chi connectivity index (χ1) is 16.8. The van der Waals surface area contributed by atoms with Gasteiger partial charge in [-0.1, -0.05) is 34.1 Å². The maximum absolute atomic E-state index is 13.0. The quantitative estimate of drug-likeness (QED) is 0.256. The van der Waals surface area contributed by atoms with Crippen molar-refractivity contribution in [1.29, 1.82) is 0 Å². The monoisotopic (exact) mass is 534 g/mol. The number of rotatable bonds is 7. The summed E-state index contributed by atoms with van der Waals surface area (Å²) in [5.41, 5.74) is 3.12. The highest BCUT2D eigenvalue weighted by Gasteiger charge is 2.36. The molecule has 1 fully saturated rings. The van der Waals surface area contributed by atoms with Gasteiger partial charge < -0.3 is 9.47 Å². The summed E-state index contributed by atoms with van der Waals surface area (Å²) in [6, 6.07) is 18.8. The molecule has 1 saturated heterocycles. The Labute approximate surface area is 211 Å². The second-order valence-corrected chi connectivity index (χ2v) is 8.94. The average Bonchev–Trinajstić information content (AvgIpc) is 2.81. The van der Waals surface area contributed by atoms with Crippen LogP contribution in [0, 0.1) is 13.8 Å². The number of carbonyl (C=O) groups excluding carboxylic acids is 3. The molecule has 1 heterocycles. The molecule has 3 aromatic carbocycles. The SMILES string of the molecule is Cc1cc(C)cc(OCCOc2ccc(/C=C3/C(=O)NC(=O)N(c4ccc(Br)cc4)C3=O)cc2)c1. The van der Waals surface area contributed by atoms with Crippen LogP contribution in [0.3, 0.4) is 0 Å². The second-order valence-electron chi connectivity index (χ2n) is 8.02. The third kappa shape index (κ3) is 5.96. The molecule has 0 bridgehead atoms. The van der Waals surface area contributed by atoms with Gasteiger partial charge in [0, 0.05) is 4.47 Å². The molecule has 0 atom stereocenters. The summed E-state index contributed by atoms with van der Waals surface area (Å²) >= 11 is 3.32. The molecule has 1 aliphatic heterocycles. The van der Waals surface area contributed by atoms with Crippen molar-refractivity contribution < 1.29 is 23.9 Å². The second kappa shape index (κ2) is 10.6. The van der Waals surface area contributed by atoms with Gasteiger partial charge in [0.1, 0.15) is 30.3 Å². The van der Waals surface area contributed by atoms with E-state index in [-0.39, 0.29) is 5.57 Å². The zero-order valence-corrected chi connectivity index (χ0v) is 20.8. The van der Waals surface area contributed by atoms with Crippen LogP contribution in [-0.2, 0) is 9.59 Å². The van der Waals surface area contributed by atoms with Gasteiger partial charge in [-0.3, -0.25) is 14.9 Å². The van der Waals surface area contributed by atoms with E-state index in [4.69, 9.17) is 9.47 Å². The highest BCUT2D eigenvalue weighted by Crippen LogP contribution is 2.24. The van der Waals surface area contributed by atoms with E-state index < -0.39 is 17.8 Å². The van der Waals surface area contributed by atoms with Crippen LogP contribution in [0.2, 0.25) is 0 Å². The Morgan fingerprint density at radius 2 is 1.43 bits per heavy atom. The van der Waals surface area contributed by atoms with Crippen LogP contribution in [0.4, 0.5) is 10.5 Å². The van der Waals surface area contributed by atoms with Crippen molar-refractivity contribution in [1.82, 2.24) is 5.32 Å². The summed E-state index contributed by atoms with van der Waals surface area (Å²) in [6.07, 6.45) is 1.45. The average molecular weight is 535 g/mol. The number of benzene rings is 3. The summed E-state index contributed by atoms with van der Waals surface area (Å²) in [6.45, 7) is 4.80. The van der Waals surface area contributed by atoms with Crippen molar-refractivity contribution in [2.75, 3.05) is 18.1 Å². The Bertz CT molecular complexity index is 1280. The van der Waals surface area contributed by atoms with Gasteiger partial charge in [-0.05, 0) is 85.1 Å². The lowest BCUT2D eigenvalue weighted by Crippen LogP contribution is -2.54. The van der Waals surface area contributed by atoms with E-state index in [2.05, 4.69) is 27.3 Å². The number of aryl methyl sites for hydroxylation is 2. The predicted octanol–water partition coefficient (Wildman–Crippen LogP) is 5.19. The molecule has 4 rings (SSSR count). The van der Waals surface area contributed by atoms with Gasteiger partial charge in [-0.2, -0.15) is 0 Å². The number of ether oxygens (including phenoxy) is 2. The first-order valence-electron chi connectivity index (χ1n) is 10.9. The first-order valence-corrected chi connectivity index (χ1v) is 11.7. The lowest BCUT2D eigenvalue weighted by atomic mass is 10.1. The van der Waals surface area contributed by atoms with Gasteiger partial charge in [0.2, 0.25) is 0 Å². The van der Waals surface area contributed by atoms with Crippen LogP contribution in [0.5, 0.6) is 11.5 Å². The highest BCUT2D eigenvalue weighted by molar-refractivity contribution is 9.10. The van der Waals surface area contributed by atoms with Crippen LogP contribution in [-0.4, -0.2) is 31.1 Å². The van der Waals surface area contributed by atoms with Crippen molar-refractivity contribution in [3.05, 3.63) is 93.5 Å². The zero-order chi connectivity index (χ0) is 24.9. The number of hydrogen-bond donors (Lipinski definition) is 1. The number of carbonyl (C=O) groups is 3. The maximum Gasteiger partial charge on any atom is 0.335 e. The van der Waals surface area contributed by atoms with E-state index in [0.29, 0.717) is 30.2 Å². The summed E-state index contributed by atoms with van der Waals surface area (Å²) in [5.74, 6) is 0.00331. The Balaban J connectivity index is 1.39. The number of imide groups is 2. The van der Waals surface area contributed by atoms with E-state index in [0.717, 1.165) is 26.2 Å². The Morgan fingerprint density at radius 3 is 2.06 bits per heavy atom. The number of amides is 4. The number of nitrogens with zero attached hydrogens (tertiary/aromatic N) is 1. The standard InChI is InChI=1S/C27H23BrN2O5/c1-17-13-18(2)15-23(14-17)35-12-11-34-22-9-3-19(4-10-22)16-24-25(31)29-27(33)30(26(24)32)21-7-5-20(28)6-8-21/h3-10,13-16H,11-12H2,1-2H3,(H,29,31,33)/b24-16-. The normalized spacial score (nSPS) is 14.8. The molecule has 0 aliphatic carbocycles. The highest BCUT2D eigenvalue weighted by atomic mass is 79.9. The minimum atomic E-state index is -0.786. The molecule has 0 radical (unpaired) electrons. The van der Waals surface area contributed by atoms with Gasteiger partial charge in [0.05, 0.1) is 5.69 Å². The summed E-state index contributed by atoms with van der Waals surface area (Å²) in [7, 11) is 0.